The maximum absolute atomic E-state index is 13.5. The molecule has 0 amide bonds. The Labute approximate surface area is 226 Å². The molecule has 3 aromatic rings. The zero-order valence-corrected chi connectivity index (χ0v) is 22.7. The van der Waals surface area contributed by atoms with Gasteiger partial charge in [0, 0.05) is 41.2 Å². The van der Waals surface area contributed by atoms with Gasteiger partial charge in [-0.05, 0) is 38.1 Å². The number of ether oxygens (including phenoxy) is 1. The van der Waals surface area contributed by atoms with Gasteiger partial charge < -0.3 is 19.9 Å². The number of nitrogens with one attached hydrogen (secondary N) is 2. The summed E-state index contributed by atoms with van der Waals surface area (Å²) in [5.41, 5.74) is 2.28. The van der Waals surface area contributed by atoms with E-state index in [4.69, 9.17) is 4.74 Å². The van der Waals surface area contributed by atoms with Gasteiger partial charge in [0.15, 0.2) is 11.6 Å². The number of carbonyl (C=O) groups is 2. The van der Waals surface area contributed by atoms with E-state index in [9.17, 15) is 22.6 Å². The third-order valence-corrected chi connectivity index (χ3v) is 6.40. The minimum absolute atomic E-state index is 0. The van der Waals surface area contributed by atoms with Gasteiger partial charge >= 0.3 is 29.6 Å². The Morgan fingerprint density at radius 2 is 1.43 bits per heavy atom. The van der Waals surface area contributed by atoms with Gasteiger partial charge in [-0.3, -0.25) is 9.59 Å². The average Bonchev–Trinajstić information content (AvgIpc) is 2.78. The van der Waals surface area contributed by atoms with Crippen molar-refractivity contribution in [2.75, 3.05) is 17.7 Å². The molecule has 0 spiro atoms. The number of methoxy groups -OCH3 is 1. The van der Waals surface area contributed by atoms with Crippen LogP contribution < -0.4 is 40.2 Å². The van der Waals surface area contributed by atoms with Gasteiger partial charge in [0.05, 0.1) is 28.3 Å². The number of hydrogen-bond acceptors (Lipinski definition) is 8. The normalized spacial score (nSPS) is 12.6. The summed E-state index contributed by atoms with van der Waals surface area (Å²) < 4.78 is 40.5. The molecule has 10 heteroatoms. The largest absolute Gasteiger partial charge is 1.00 e. The van der Waals surface area contributed by atoms with Crippen LogP contribution >= 0.6 is 0 Å². The van der Waals surface area contributed by atoms with E-state index >= 15 is 0 Å². The quantitative estimate of drug-likeness (QED) is 0.284. The maximum Gasteiger partial charge on any atom is 1.00 e. The molecule has 3 aromatic carbocycles. The van der Waals surface area contributed by atoms with E-state index < -0.39 is 15.0 Å². The molecule has 0 heterocycles. The molecule has 0 bridgehead atoms. The van der Waals surface area contributed by atoms with Gasteiger partial charge in [0.1, 0.15) is 10.1 Å². The van der Waals surface area contributed by atoms with Crippen molar-refractivity contribution in [3.05, 3.63) is 82.4 Å². The van der Waals surface area contributed by atoms with Crippen LogP contribution in [-0.4, -0.2) is 37.7 Å². The molecule has 1 aliphatic carbocycles. The first-order valence-corrected chi connectivity index (χ1v) is 12.0. The Bertz CT molecular complexity index is 1420. The first-order chi connectivity index (χ1) is 16.1. The van der Waals surface area contributed by atoms with E-state index in [1.807, 2.05) is 13.8 Å². The number of hydrogen-bond donors (Lipinski definition) is 2. The van der Waals surface area contributed by atoms with Crippen molar-refractivity contribution >= 4 is 38.7 Å². The van der Waals surface area contributed by atoms with Gasteiger partial charge in [0.25, 0.3) is 0 Å². The summed E-state index contributed by atoms with van der Waals surface area (Å²) in [5.74, 6) is -0.619. The minimum Gasteiger partial charge on any atom is -0.744 e. The molecule has 0 atom stereocenters. The number of rotatable bonds is 7. The van der Waals surface area contributed by atoms with Crippen molar-refractivity contribution in [3.8, 4) is 0 Å². The predicted molar refractivity (Wildman–Crippen MR) is 127 cm³/mol. The molecular weight excluding hydrogens is 479 g/mol. The molecule has 176 valence electrons. The van der Waals surface area contributed by atoms with Crippen LogP contribution in [0.15, 0.2) is 59.5 Å². The zero-order valence-electron chi connectivity index (χ0n) is 19.8. The molecule has 2 N–H and O–H groups in total. The van der Waals surface area contributed by atoms with Crippen molar-refractivity contribution < 1.29 is 56.9 Å². The zero-order chi connectivity index (χ0) is 24.6. The first kappa shape index (κ1) is 27.1. The molecule has 1 aliphatic rings. The molecular formula is C25H23N2NaO6S. The minimum atomic E-state index is -4.77. The third kappa shape index (κ3) is 5.20. The molecule has 0 aliphatic heterocycles. The second-order valence-electron chi connectivity index (χ2n) is 8.21. The molecule has 0 saturated carbocycles. The molecule has 0 unspecified atom stereocenters. The van der Waals surface area contributed by atoms with E-state index in [-0.39, 0.29) is 81.7 Å². The Hall–Kier alpha value is -2.53. The van der Waals surface area contributed by atoms with Crippen LogP contribution in [0.25, 0.3) is 0 Å². The molecule has 35 heavy (non-hydrogen) atoms. The van der Waals surface area contributed by atoms with Gasteiger partial charge in [-0.25, -0.2) is 8.42 Å². The predicted octanol–water partition coefficient (Wildman–Crippen LogP) is 1.08. The Kier molecular flexibility index (Phi) is 8.21. The smallest absolute Gasteiger partial charge is 0.744 e. The van der Waals surface area contributed by atoms with Crippen LogP contribution in [0.5, 0.6) is 0 Å². The second-order valence-corrected chi connectivity index (χ2v) is 9.56. The first-order valence-electron chi connectivity index (χ1n) is 10.6. The number of anilines is 3. The standard InChI is InChI=1S/C25H24N2O6S.Na/c1-14(2)26-19-11-12-20(23-22(19)24(28)15-7-4-5-8-16(15)25(23)29)27-18-9-6-10-21(34(30,31)32)17(18)13-33-3;/h4-12,14,26-27H,13H2,1-3H3,(H,30,31,32);/q;+1/p-1. The van der Waals surface area contributed by atoms with Crippen LogP contribution in [0.4, 0.5) is 17.1 Å². The molecule has 0 aromatic heterocycles. The summed E-state index contributed by atoms with van der Waals surface area (Å²) in [7, 11) is -3.39. The van der Waals surface area contributed by atoms with Crippen molar-refractivity contribution in [2.24, 2.45) is 0 Å². The van der Waals surface area contributed by atoms with Gasteiger partial charge in [-0.1, -0.05) is 30.3 Å². The van der Waals surface area contributed by atoms with Crippen molar-refractivity contribution in [1.29, 1.82) is 0 Å². The average molecular weight is 503 g/mol. The van der Waals surface area contributed by atoms with E-state index in [2.05, 4.69) is 10.6 Å². The number of carbonyl (C=O) groups excluding carboxylic acids is 2. The van der Waals surface area contributed by atoms with Gasteiger partial charge in [0.2, 0.25) is 0 Å². The molecule has 0 radical (unpaired) electrons. The fourth-order valence-corrected chi connectivity index (χ4v) is 4.83. The third-order valence-electron chi connectivity index (χ3n) is 5.48. The number of ketones is 2. The van der Waals surface area contributed by atoms with Gasteiger partial charge in [-0.15, -0.1) is 0 Å². The van der Waals surface area contributed by atoms with Gasteiger partial charge in [-0.2, -0.15) is 0 Å². The van der Waals surface area contributed by atoms with Crippen molar-refractivity contribution in [2.45, 2.75) is 31.4 Å². The molecule has 8 nitrogen and oxygen atoms in total. The maximum atomic E-state index is 13.5. The van der Waals surface area contributed by atoms with E-state index in [1.54, 1.807) is 42.5 Å². The molecule has 0 fully saturated rings. The summed E-state index contributed by atoms with van der Waals surface area (Å²) in [5, 5.41) is 6.30. The summed E-state index contributed by atoms with van der Waals surface area (Å²) in [6.45, 7) is 3.70. The van der Waals surface area contributed by atoms with E-state index in [0.717, 1.165) is 0 Å². The van der Waals surface area contributed by atoms with Crippen LogP contribution in [0.2, 0.25) is 0 Å². The molecule has 0 saturated heterocycles. The number of benzene rings is 3. The van der Waals surface area contributed by atoms with Crippen molar-refractivity contribution in [1.82, 2.24) is 0 Å². The number of fused-ring (bicyclic) bond motifs is 2. The summed E-state index contributed by atoms with van der Waals surface area (Å²) >= 11 is 0. The Balaban J connectivity index is 0.00000342. The molecule has 4 rings (SSSR count). The topological polar surface area (TPSA) is 125 Å². The van der Waals surface area contributed by atoms with Crippen LogP contribution in [0, 0.1) is 0 Å². The van der Waals surface area contributed by atoms with E-state index in [0.29, 0.717) is 16.9 Å². The Morgan fingerprint density at radius 3 is 1.97 bits per heavy atom. The van der Waals surface area contributed by atoms with E-state index in [1.165, 1.54) is 19.2 Å². The second kappa shape index (κ2) is 10.6. The monoisotopic (exact) mass is 502 g/mol. The fraction of sp³-hybridized carbons (Fsp3) is 0.200. The van der Waals surface area contributed by atoms with Crippen molar-refractivity contribution in [3.63, 3.8) is 0 Å². The SMILES string of the molecule is COCc1c(Nc2ccc(NC(C)C)c3c2C(=O)c2ccccc2C3=O)cccc1S(=O)(=O)[O-].[Na+]. The summed E-state index contributed by atoms with van der Waals surface area (Å²) in [4.78, 5) is 26.6. The fourth-order valence-electron chi connectivity index (χ4n) is 4.11. The van der Waals surface area contributed by atoms with Crippen LogP contribution in [0.1, 0.15) is 51.3 Å². The summed E-state index contributed by atoms with van der Waals surface area (Å²) in [6.07, 6.45) is 0. The summed E-state index contributed by atoms with van der Waals surface area (Å²) in [6, 6.07) is 14.2. The van der Waals surface area contributed by atoms with Crippen LogP contribution in [0.3, 0.4) is 0 Å². The Morgan fingerprint density at radius 1 is 0.857 bits per heavy atom. The van der Waals surface area contributed by atoms with Crippen LogP contribution in [-0.2, 0) is 21.5 Å².